The minimum Gasteiger partial charge on any atom is -0.329 e. The van der Waals surface area contributed by atoms with Gasteiger partial charge in [0.2, 0.25) is 0 Å². The van der Waals surface area contributed by atoms with E-state index in [1.54, 1.807) is 0 Å². The van der Waals surface area contributed by atoms with Crippen molar-refractivity contribution in [3.8, 4) is 0 Å². The third kappa shape index (κ3) is 2.28. The highest BCUT2D eigenvalue weighted by molar-refractivity contribution is 5.98. The number of hydrogen-bond donors (Lipinski definition) is 1. The monoisotopic (exact) mass is 182 g/mol. The summed E-state index contributed by atoms with van der Waals surface area (Å²) in [6.45, 7) is 4.20. The topological polar surface area (TPSA) is 54.0 Å². The molecule has 0 amide bonds. The summed E-state index contributed by atoms with van der Waals surface area (Å²) < 4.78 is 0. The first-order chi connectivity index (χ1) is 6.19. The van der Waals surface area contributed by atoms with Gasteiger partial charge in [-0.25, -0.2) is 9.98 Å². The summed E-state index contributed by atoms with van der Waals surface area (Å²) in [7, 11) is 1.93. The lowest BCUT2D eigenvalue weighted by Gasteiger charge is -2.28. The Balaban J connectivity index is 2.77. The van der Waals surface area contributed by atoms with Crippen LogP contribution in [0.5, 0.6) is 0 Å². The Morgan fingerprint density at radius 3 is 2.69 bits per heavy atom. The number of nitrogens with zero attached hydrogens (tertiary/aromatic N) is 3. The minimum absolute atomic E-state index is 0.242. The smallest absolute Gasteiger partial charge is 0.176 e. The van der Waals surface area contributed by atoms with E-state index in [0.29, 0.717) is 0 Å². The zero-order chi connectivity index (χ0) is 9.84. The number of amidine groups is 2. The Bertz CT molecular complexity index is 232. The molecule has 1 unspecified atom stereocenters. The predicted molar refractivity (Wildman–Crippen MR) is 55.8 cm³/mol. The van der Waals surface area contributed by atoms with Crippen LogP contribution in [0.2, 0.25) is 0 Å². The molecule has 4 nitrogen and oxygen atoms in total. The first-order valence-corrected chi connectivity index (χ1v) is 4.81. The Morgan fingerprint density at radius 2 is 2.15 bits per heavy atom. The summed E-state index contributed by atoms with van der Waals surface area (Å²) in [5.74, 6) is 1.93. The van der Waals surface area contributed by atoms with Gasteiger partial charge in [-0.3, -0.25) is 5.73 Å². The van der Waals surface area contributed by atoms with Gasteiger partial charge in [-0.15, -0.1) is 0 Å². The fraction of sp³-hybridized carbons (Fsp3) is 0.778. The molecule has 0 saturated heterocycles. The third-order valence-electron chi connectivity index (χ3n) is 2.13. The third-order valence-corrected chi connectivity index (χ3v) is 2.13. The summed E-state index contributed by atoms with van der Waals surface area (Å²) in [6, 6.07) is 0. The van der Waals surface area contributed by atoms with E-state index >= 15 is 0 Å². The van der Waals surface area contributed by atoms with Crippen LogP contribution in [0, 0.1) is 0 Å². The maximum atomic E-state index is 5.82. The molecule has 1 rings (SSSR count). The van der Waals surface area contributed by atoms with E-state index in [1.165, 1.54) is 0 Å². The van der Waals surface area contributed by atoms with Crippen LogP contribution in [0.4, 0.5) is 0 Å². The molecule has 4 heteroatoms. The fourth-order valence-corrected chi connectivity index (χ4v) is 1.32. The Hall–Kier alpha value is -0.900. The molecule has 1 heterocycles. The molecule has 0 aromatic heterocycles. The largest absolute Gasteiger partial charge is 0.329 e. The zero-order valence-electron chi connectivity index (χ0n) is 8.62. The van der Waals surface area contributed by atoms with Crippen molar-refractivity contribution in [1.29, 1.82) is 0 Å². The van der Waals surface area contributed by atoms with Gasteiger partial charge >= 0.3 is 0 Å². The van der Waals surface area contributed by atoms with E-state index in [4.69, 9.17) is 5.73 Å². The molecule has 1 aliphatic heterocycles. The predicted octanol–water partition coefficient (Wildman–Crippen LogP) is 1.18. The summed E-state index contributed by atoms with van der Waals surface area (Å²) in [5, 5.41) is 0. The second kappa shape index (κ2) is 4.37. The quantitative estimate of drug-likeness (QED) is 0.712. The van der Waals surface area contributed by atoms with Gasteiger partial charge in [0.1, 0.15) is 11.7 Å². The first-order valence-electron chi connectivity index (χ1n) is 4.81. The number of hydrogen-bond acceptors (Lipinski definition) is 4. The summed E-state index contributed by atoms with van der Waals surface area (Å²) >= 11 is 0. The molecule has 0 spiro atoms. The van der Waals surface area contributed by atoms with Gasteiger partial charge < -0.3 is 4.90 Å². The molecular formula is C9H18N4. The van der Waals surface area contributed by atoms with Crippen LogP contribution in [0.1, 0.15) is 33.1 Å². The van der Waals surface area contributed by atoms with Gasteiger partial charge in [0.15, 0.2) is 6.29 Å². The molecular weight excluding hydrogens is 164 g/mol. The van der Waals surface area contributed by atoms with Crippen LogP contribution in [0.3, 0.4) is 0 Å². The van der Waals surface area contributed by atoms with Crippen molar-refractivity contribution in [1.82, 2.24) is 4.90 Å². The van der Waals surface area contributed by atoms with Crippen LogP contribution in [0.25, 0.3) is 0 Å². The van der Waals surface area contributed by atoms with Crippen LogP contribution in [-0.2, 0) is 0 Å². The molecule has 2 N–H and O–H groups in total. The molecule has 0 aromatic carbocycles. The average molecular weight is 182 g/mol. The molecule has 0 aliphatic carbocycles. The summed E-state index contributed by atoms with van der Waals surface area (Å²) in [6.07, 6.45) is 2.65. The first kappa shape index (κ1) is 10.2. The second-order valence-electron chi connectivity index (χ2n) is 3.20. The van der Waals surface area contributed by atoms with Crippen LogP contribution in [0.15, 0.2) is 9.98 Å². The zero-order valence-corrected chi connectivity index (χ0v) is 8.62. The Labute approximate surface area is 79.5 Å². The van der Waals surface area contributed by atoms with Crippen LogP contribution >= 0.6 is 0 Å². The molecule has 13 heavy (non-hydrogen) atoms. The summed E-state index contributed by atoms with van der Waals surface area (Å²) in [4.78, 5) is 10.6. The molecule has 0 bridgehead atoms. The highest BCUT2D eigenvalue weighted by Gasteiger charge is 2.17. The van der Waals surface area contributed by atoms with Crippen molar-refractivity contribution in [3.05, 3.63) is 0 Å². The van der Waals surface area contributed by atoms with E-state index in [9.17, 15) is 0 Å². The normalized spacial score (nSPS) is 22.8. The second-order valence-corrected chi connectivity index (χ2v) is 3.20. The van der Waals surface area contributed by atoms with Crippen molar-refractivity contribution in [2.24, 2.45) is 15.7 Å². The van der Waals surface area contributed by atoms with Crippen molar-refractivity contribution < 1.29 is 0 Å². The van der Waals surface area contributed by atoms with Crippen molar-refractivity contribution in [2.75, 3.05) is 7.05 Å². The lowest BCUT2D eigenvalue weighted by atomic mass is 10.3. The Kier molecular flexibility index (Phi) is 3.42. The molecule has 74 valence electrons. The molecule has 0 fully saturated rings. The van der Waals surface area contributed by atoms with Gasteiger partial charge in [-0.2, -0.15) is 0 Å². The van der Waals surface area contributed by atoms with Gasteiger partial charge in [0.25, 0.3) is 0 Å². The molecule has 0 aromatic rings. The van der Waals surface area contributed by atoms with E-state index in [-0.39, 0.29) is 6.29 Å². The van der Waals surface area contributed by atoms with Gasteiger partial charge in [0.05, 0.1) is 0 Å². The van der Waals surface area contributed by atoms with Crippen molar-refractivity contribution >= 4 is 11.7 Å². The molecule has 0 saturated carbocycles. The van der Waals surface area contributed by atoms with E-state index in [2.05, 4.69) is 23.8 Å². The highest BCUT2D eigenvalue weighted by atomic mass is 15.4. The lowest BCUT2D eigenvalue weighted by Crippen LogP contribution is -2.44. The fourth-order valence-electron chi connectivity index (χ4n) is 1.32. The van der Waals surface area contributed by atoms with E-state index in [0.717, 1.165) is 30.9 Å². The van der Waals surface area contributed by atoms with Crippen LogP contribution < -0.4 is 5.73 Å². The maximum absolute atomic E-state index is 5.82. The molecule has 1 atom stereocenters. The van der Waals surface area contributed by atoms with Crippen molar-refractivity contribution in [3.63, 3.8) is 0 Å². The standard InChI is InChI=1S/C9H18N4/c1-4-6-7-11-8(5-2)13(3)9(10)12-7/h9H,4-6,10H2,1-3H3. The molecule has 0 radical (unpaired) electrons. The van der Waals surface area contributed by atoms with E-state index < -0.39 is 0 Å². The number of aliphatic imine (C=N–C) groups is 2. The van der Waals surface area contributed by atoms with Gasteiger partial charge in [-0.05, 0) is 6.42 Å². The number of rotatable bonds is 3. The van der Waals surface area contributed by atoms with Gasteiger partial charge in [0, 0.05) is 19.9 Å². The maximum Gasteiger partial charge on any atom is 0.176 e. The van der Waals surface area contributed by atoms with Crippen molar-refractivity contribution in [2.45, 2.75) is 39.4 Å². The average Bonchev–Trinajstić information content (AvgIpc) is 2.11. The summed E-state index contributed by atoms with van der Waals surface area (Å²) in [5.41, 5.74) is 5.82. The molecule has 1 aliphatic rings. The highest BCUT2D eigenvalue weighted by Crippen LogP contribution is 2.08. The lowest BCUT2D eigenvalue weighted by molar-refractivity contribution is 0.373. The minimum atomic E-state index is -0.242. The van der Waals surface area contributed by atoms with Gasteiger partial charge in [-0.1, -0.05) is 13.8 Å². The van der Waals surface area contributed by atoms with E-state index in [1.807, 2.05) is 11.9 Å². The van der Waals surface area contributed by atoms with Crippen LogP contribution in [-0.4, -0.2) is 29.9 Å². The number of nitrogens with two attached hydrogens (primary N) is 1. The SMILES string of the molecule is CCCC1=NC(N)N(C)C(CC)=N1. The Morgan fingerprint density at radius 1 is 1.46 bits per heavy atom.